The summed E-state index contributed by atoms with van der Waals surface area (Å²) in [4.78, 5) is 21.4. The zero-order chi connectivity index (χ0) is 19.1. The van der Waals surface area contributed by atoms with Gasteiger partial charge in [0.2, 0.25) is 0 Å². The molecule has 1 N–H and O–H groups in total. The van der Waals surface area contributed by atoms with Gasteiger partial charge < -0.3 is 0 Å². The standard InChI is InChI=1S/C17H13Cl2N5OS2/c1-8(2)24-15-9(6-21-24)3-10(5-20-15)16(25)23-17-22-12(7-26-17)11-4-13(18)27-14(11)19/h3-8H,1-2H3,(H,22,23,25). The van der Waals surface area contributed by atoms with Crippen LogP contribution in [0, 0.1) is 0 Å². The monoisotopic (exact) mass is 437 g/mol. The van der Waals surface area contributed by atoms with Crippen LogP contribution in [-0.4, -0.2) is 25.7 Å². The molecule has 0 aliphatic heterocycles. The highest BCUT2D eigenvalue weighted by atomic mass is 35.5. The lowest BCUT2D eigenvalue weighted by atomic mass is 10.2. The second kappa shape index (κ2) is 7.20. The van der Waals surface area contributed by atoms with E-state index >= 15 is 0 Å². The summed E-state index contributed by atoms with van der Waals surface area (Å²) in [5.74, 6) is -0.281. The van der Waals surface area contributed by atoms with Crippen molar-refractivity contribution in [2.45, 2.75) is 19.9 Å². The summed E-state index contributed by atoms with van der Waals surface area (Å²) >= 11 is 14.7. The summed E-state index contributed by atoms with van der Waals surface area (Å²) in [7, 11) is 0. The Labute approximate surface area is 172 Å². The van der Waals surface area contributed by atoms with Gasteiger partial charge in [-0.25, -0.2) is 14.6 Å². The van der Waals surface area contributed by atoms with E-state index in [4.69, 9.17) is 23.2 Å². The van der Waals surface area contributed by atoms with Crippen molar-refractivity contribution in [1.82, 2.24) is 19.7 Å². The Morgan fingerprint density at radius 2 is 2.07 bits per heavy atom. The predicted molar refractivity (Wildman–Crippen MR) is 111 cm³/mol. The first-order chi connectivity index (χ1) is 12.9. The van der Waals surface area contributed by atoms with Gasteiger partial charge in [-0.3, -0.25) is 10.1 Å². The molecule has 0 bridgehead atoms. The van der Waals surface area contributed by atoms with Gasteiger partial charge in [-0.2, -0.15) is 5.10 Å². The number of thiophene rings is 1. The molecule has 0 atom stereocenters. The van der Waals surface area contributed by atoms with E-state index in [0.29, 0.717) is 25.1 Å². The van der Waals surface area contributed by atoms with Crippen molar-refractivity contribution < 1.29 is 4.79 Å². The summed E-state index contributed by atoms with van der Waals surface area (Å²) in [5.41, 5.74) is 2.63. The number of pyridine rings is 1. The molecule has 0 aliphatic carbocycles. The lowest BCUT2D eigenvalue weighted by Gasteiger charge is -2.06. The Morgan fingerprint density at radius 1 is 1.26 bits per heavy atom. The van der Waals surface area contributed by atoms with Gasteiger partial charge in [0, 0.05) is 28.6 Å². The molecule has 4 heterocycles. The number of hydrogen-bond donors (Lipinski definition) is 1. The average Bonchev–Trinajstić information content (AvgIpc) is 3.32. The summed E-state index contributed by atoms with van der Waals surface area (Å²) in [5, 5.41) is 10.2. The number of anilines is 1. The van der Waals surface area contributed by atoms with Gasteiger partial charge in [-0.15, -0.1) is 22.7 Å². The number of rotatable bonds is 4. The van der Waals surface area contributed by atoms with Gasteiger partial charge >= 0.3 is 0 Å². The third-order valence-corrected chi connectivity index (χ3v) is 6.09. The van der Waals surface area contributed by atoms with Crippen molar-refractivity contribution >= 4 is 67.9 Å². The fourth-order valence-corrected chi connectivity index (χ4v) is 4.77. The van der Waals surface area contributed by atoms with E-state index in [1.807, 2.05) is 23.9 Å². The van der Waals surface area contributed by atoms with Crippen LogP contribution in [0.3, 0.4) is 0 Å². The van der Waals surface area contributed by atoms with Crippen LogP contribution in [0.5, 0.6) is 0 Å². The Kier molecular flexibility index (Phi) is 4.90. The van der Waals surface area contributed by atoms with E-state index in [-0.39, 0.29) is 11.9 Å². The topological polar surface area (TPSA) is 72.7 Å². The molecule has 27 heavy (non-hydrogen) atoms. The number of amides is 1. The number of fused-ring (bicyclic) bond motifs is 1. The molecule has 0 radical (unpaired) electrons. The molecule has 138 valence electrons. The minimum absolute atomic E-state index is 0.195. The molecule has 6 nitrogen and oxygen atoms in total. The molecule has 0 fully saturated rings. The molecule has 0 aromatic carbocycles. The van der Waals surface area contributed by atoms with Crippen molar-refractivity contribution in [2.24, 2.45) is 0 Å². The van der Waals surface area contributed by atoms with E-state index in [9.17, 15) is 4.79 Å². The zero-order valence-electron chi connectivity index (χ0n) is 14.2. The first-order valence-corrected chi connectivity index (χ1v) is 10.4. The molecule has 0 saturated carbocycles. The minimum Gasteiger partial charge on any atom is -0.298 e. The molecular weight excluding hydrogens is 425 g/mol. The van der Waals surface area contributed by atoms with Gasteiger partial charge in [-0.1, -0.05) is 23.2 Å². The Balaban J connectivity index is 1.56. The number of thiazole rings is 1. The first kappa shape index (κ1) is 18.4. The van der Waals surface area contributed by atoms with Crippen LogP contribution >= 0.6 is 45.9 Å². The van der Waals surface area contributed by atoms with Crippen LogP contribution in [0.1, 0.15) is 30.2 Å². The smallest absolute Gasteiger partial charge is 0.259 e. The van der Waals surface area contributed by atoms with Crippen LogP contribution in [0.4, 0.5) is 5.13 Å². The van der Waals surface area contributed by atoms with Crippen LogP contribution in [0.15, 0.2) is 29.9 Å². The number of carbonyl (C=O) groups is 1. The number of nitrogens with one attached hydrogen (secondary N) is 1. The minimum atomic E-state index is -0.281. The normalized spacial score (nSPS) is 11.4. The highest BCUT2D eigenvalue weighted by Gasteiger charge is 2.15. The van der Waals surface area contributed by atoms with Crippen LogP contribution in [0.2, 0.25) is 8.67 Å². The third kappa shape index (κ3) is 3.58. The van der Waals surface area contributed by atoms with E-state index in [0.717, 1.165) is 16.6 Å². The molecule has 1 amide bonds. The lowest BCUT2D eigenvalue weighted by molar-refractivity contribution is 0.102. The molecule has 0 saturated heterocycles. The number of halogens is 2. The van der Waals surface area contributed by atoms with Gasteiger partial charge in [-0.05, 0) is 26.0 Å². The second-order valence-electron chi connectivity index (χ2n) is 6.05. The van der Waals surface area contributed by atoms with Crippen LogP contribution in [-0.2, 0) is 0 Å². The SMILES string of the molecule is CC(C)n1ncc2cc(C(=O)Nc3nc(-c4cc(Cl)sc4Cl)cs3)cnc21. The van der Waals surface area contributed by atoms with E-state index in [1.54, 1.807) is 24.5 Å². The Bertz CT molecular complexity index is 1150. The zero-order valence-corrected chi connectivity index (χ0v) is 17.4. The molecular formula is C17H13Cl2N5OS2. The second-order valence-corrected chi connectivity index (χ2v) is 9.19. The van der Waals surface area contributed by atoms with Gasteiger partial charge in [0.25, 0.3) is 5.91 Å². The maximum Gasteiger partial charge on any atom is 0.259 e. The maximum atomic E-state index is 12.6. The highest BCUT2D eigenvalue weighted by Crippen LogP contribution is 2.39. The van der Waals surface area contributed by atoms with Crippen LogP contribution < -0.4 is 5.32 Å². The Hall–Kier alpha value is -2.00. The van der Waals surface area contributed by atoms with E-state index in [1.165, 1.54) is 22.7 Å². The van der Waals surface area contributed by atoms with Crippen molar-refractivity contribution in [1.29, 1.82) is 0 Å². The van der Waals surface area contributed by atoms with Gasteiger partial charge in [0.1, 0.15) is 4.34 Å². The molecule has 0 aliphatic rings. The lowest BCUT2D eigenvalue weighted by Crippen LogP contribution is -2.12. The van der Waals surface area contributed by atoms with Crippen molar-refractivity contribution in [3.05, 3.63) is 44.1 Å². The largest absolute Gasteiger partial charge is 0.298 e. The van der Waals surface area contributed by atoms with Crippen molar-refractivity contribution in [3.63, 3.8) is 0 Å². The van der Waals surface area contributed by atoms with E-state index in [2.05, 4.69) is 20.4 Å². The molecule has 4 rings (SSSR count). The third-order valence-electron chi connectivity index (χ3n) is 3.84. The molecule has 0 unspecified atom stereocenters. The fraction of sp³-hybridized carbons (Fsp3) is 0.176. The maximum absolute atomic E-state index is 12.6. The number of nitrogens with zero attached hydrogens (tertiary/aromatic N) is 4. The first-order valence-electron chi connectivity index (χ1n) is 7.97. The summed E-state index contributed by atoms with van der Waals surface area (Å²) in [6.07, 6.45) is 3.26. The van der Waals surface area contributed by atoms with Crippen molar-refractivity contribution in [3.8, 4) is 11.3 Å². The summed E-state index contributed by atoms with van der Waals surface area (Å²) in [6.45, 7) is 4.06. The Morgan fingerprint density at radius 3 is 2.78 bits per heavy atom. The highest BCUT2D eigenvalue weighted by molar-refractivity contribution is 7.20. The number of aromatic nitrogens is 4. The molecule has 0 spiro atoms. The van der Waals surface area contributed by atoms with Crippen molar-refractivity contribution in [2.75, 3.05) is 5.32 Å². The van der Waals surface area contributed by atoms with Gasteiger partial charge in [0.15, 0.2) is 10.8 Å². The molecule has 4 aromatic heterocycles. The summed E-state index contributed by atoms with van der Waals surface area (Å²) in [6, 6.07) is 3.73. The number of hydrogen-bond acceptors (Lipinski definition) is 6. The average molecular weight is 438 g/mol. The quantitative estimate of drug-likeness (QED) is 0.440. The molecule has 4 aromatic rings. The van der Waals surface area contributed by atoms with Gasteiger partial charge in [0.05, 0.1) is 21.8 Å². The van der Waals surface area contributed by atoms with E-state index < -0.39 is 0 Å². The fourth-order valence-electron chi connectivity index (χ4n) is 2.58. The van der Waals surface area contributed by atoms with Crippen LogP contribution in [0.25, 0.3) is 22.3 Å². The predicted octanol–water partition coefficient (Wildman–Crippen LogP) is 5.76. The summed E-state index contributed by atoms with van der Waals surface area (Å²) < 4.78 is 2.98. The molecule has 10 heteroatoms. The number of carbonyl (C=O) groups excluding carboxylic acids is 1.